The number of urea groups is 1. The third-order valence-electron chi connectivity index (χ3n) is 5.16. The molecule has 0 aromatic heterocycles. The topological polar surface area (TPSA) is 182 Å². The van der Waals surface area contributed by atoms with Crippen molar-refractivity contribution in [2.45, 2.75) is 44.7 Å². The summed E-state index contributed by atoms with van der Waals surface area (Å²) in [7, 11) is 0. The van der Waals surface area contributed by atoms with E-state index in [-0.39, 0.29) is 18.8 Å². The van der Waals surface area contributed by atoms with Gasteiger partial charge < -0.3 is 26.8 Å². The number of aryl methyl sites for hydroxylation is 1. The Morgan fingerprint density at radius 2 is 1.81 bits per heavy atom. The van der Waals surface area contributed by atoms with Gasteiger partial charge in [-0.15, -0.1) is 5.11 Å². The Kier molecular flexibility index (Phi) is 11.3. The highest BCUT2D eigenvalue weighted by molar-refractivity contribution is 6.31. The summed E-state index contributed by atoms with van der Waals surface area (Å²) in [6.07, 6.45) is 1.33. The lowest BCUT2D eigenvalue weighted by atomic mass is 10.0. The third kappa shape index (κ3) is 10.1. The van der Waals surface area contributed by atoms with Gasteiger partial charge in [0.15, 0.2) is 5.96 Å². The lowest BCUT2D eigenvalue weighted by molar-refractivity contribution is -0.142. The first kappa shape index (κ1) is 28.2. The van der Waals surface area contributed by atoms with Crippen molar-refractivity contribution in [2.75, 3.05) is 6.54 Å². The van der Waals surface area contributed by atoms with Crippen LogP contribution in [0.4, 0.5) is 10.5 Å². The highest BCUT2D eigenvalue weighted by atomic mass is 35.5. The zero-order valence-corrected chi connectivity index (χ0v) is 20.6. The number of benzene rings is 2. The van der Waals surface area contributed by atoms with Crippen molar-refractivity contribution in [3.63, 3.8) is 0 Å². The zero-order chi connectivity index (χ0) is 26.5. The second-order valence-electron chi connectivity index (χ2n) is 8.06. The van der Waals surface area contributed by atoms with Gasteiger partial charge in [-0.25, -0.2) is 9.59 Å². The van der Waals surface area contributed by atoms with E-state index in [9.17, 15) is 19.5 Å². The molecule has 0 spiro atoms. The largest absolute Gasteiger partial charge is 0.480 e. The number of nitrogens with zero attached hydrogens (tertiary/aromatic N) is 2. The number of hydrogen-bond acceptors (Lipinski definition) is 5. The molecule has 192 valence electrons. The highest BCUT2D eigenvalue weighted by Gasteiger charge is 2.26. The van der Waals surface area contributed by atoms with Crippen molar-refractivity contribution < 1.29 is 19.5 Å². The van der Waals surface area contributed by atoms with E-state index in [0.717, 1.165) is 11.1 Å². The number of nitrogens with one attached hydrogen (secondary N) is 4. The molecule has 3 amide bonds. The molecule has 0 bridgehead atoms. The van der Waals surface area contributed by atoms with Crippen LogP contribution in [0.3, 0.4) is 0 Å². The summed E-state index contributed by atoms with van der Waals surface area (Å²) in [4.78, 5) is 37.2. The first-order valence-corrected chi connectivity index (χ1v) is 11.7. The number of unbranched alkanes of at least 4 members (excludes halogenated alkanes) is 1. The summed E-state index contributed by atoms with van der Waals surface area (Å²) < 4.78 is 0. The Balaban J connectivity index is 2.06. The van der Waals surface area contributed by atoms with Crippen molar-refractivity contribution in [1.82, 2.24) is 16.0 Å². The van der Waals surface area contributed by atoms with Crippen LogP contribution in [0.1, 0.15) is 30.4 Å². The molecule has 0 heterocycles. The summed E-state index contributed by atoms with van der Waals surface area (Å²) in [5, 5.41) is 32.3. The van der Waals surface area contributed by atoms with Gasteiger partial charge in [0.2, 0.25) is 5.91 Å². The normalized spacial score (nSPS) is 12.5. The van der Waals surface area contributed by atoms with Crippen LogP contribution in [-0.4, -0.2) is 47.6 Å². The fraction of sp³-hybridized carbons (Fsp3) is 0.333. The van der Waals surface area contributed by atoms with Gasteiger partial charge in [0.05, 0.1) is 5.69 Å². The molecule has 2 aromatic rings. The summed E-state index contributed by atoms with van der Waals surface area (Å²) in [6.45, 7) is 2.25. The van der Waals surface area contributed by atoms with E-state index >= 15 is 0 Å². The van der Waals surface area contributed by atoms with E-state index in [1.165, 1.54) is 0 Å². The maximum Gasteiger partial charge on any atom is 0.360 e. The van der Waals surface area contributed by atoms with Crippen molar-refractivity contribution in [2.24, 2.45) is 16.0 Å². The molecule has 2 atom stereocenters. The van der Waals surface area contributed by atoms with Crippen molar-refractivity contribution in [1.29, 1.82) is 5.41 Å². The van der Waals surface area contributed by atoms with Gasteiger partial charge in [0.25, 0.3) is 0 Å². The van der Waals surface area contributed by atoms with Gasteiger partial charge in [-0.1, -0.05) is 53.1 Å². The molecule has 11 nitrogen and oxygen atoms in total. The van der Waals surface area contributed by atoms with Crippen LogP contribution >= 0.6 is 11.6 Å². The van der Waals surface area contributed by atoms with E-state index in [4.69, 9.17) is 22.7 Å². The van der Waals surface area contributed by atoms with Crippen LogP contribution in [0.5, 0.6) is 0 Å². The van der Waals surface area contributed by atoms with Crippen LogP contribution in [0.25, 0.3) is 0 Å². The van der Waals surface area contributed by atoms with Crippen LogP contribution in [0.2, 0.25) is 5.02 Å². The SMILES string of the molecule is Cc1ccc(/N=N/C(=O)NC(Cc2ccccc2)C(=O)NC(CCCCNC(=N)N)C(=O)O)cc1Cl. The summed E-state index contributed by atoms with van der Waals surface area (Å²) in [6, 6.07) is 10.8. The zero-order valence-electron chi connectivity index (χ0n) is 19.8. The molecule has 0 aliphatic rings. The number of nitrogens with two attached hydrogens (primary N) is 1. The van der Waals surface area contributed by atoms with Gasteiger partial charge in [-0.05, 0) is 49.4 Å². The van der Waals surface area contributed by atoms with Gasteiger partial charge in [-0.3, -0.25) is 10.2 Å². The number of carbonyl (C=O) groups is 3. The van der Waals surface area contributed by atoms with E-state index < -0.39 is 30.0 Å². The molecule has 7 N–H and O–H groups in total. The molecule has 12 heteroatoms. The monoisotopic (exact) mass is 515 g/mol. The number of halogens is 1. The standard InChI is InChI=1S/C24H30ClN7O4/c1-15-10-11-17(14-18(15)25)31-32-24(36)30-20(13-16-7-3-2-4-8-16)21(33)29-19(22(34)35)9-5-6-12-28-23(26)27/h2-4,7-8,10-11,14,19-20H,5-6,9,12-13H2,1H3,(H,29,33)(H,30,36)(H,34,35)(H4,26,27,28)/b32-31+. The highest BCUT2D eigenvalue weighted by Crippen LogP contribution is 2.22. The minimum absolute atomic E-state index is 0.124. The number of carboxylic acid groups (broad SMARTS) is 1. The van der Waals surface area contributed by atoms with Crippen molar-refractivity contribution in [3.8, 4) is 0 Å². The fourth-order valence-corrected chi connectivity index (χ4v) is 3.39. The predicted octanol–water partition coefficient (Wildman–Crippen LogP) is 3.28. The van der Waals surface area contributed by atoms with Crippen LogP contribution in [0.15, 0.2) is 58.8 Å². The molecule has 36 heavy (non-hydrogen) atoms. The average Bonchev–Trinajstić information content (AvgIpc) is 2.83. The number of rotatable bonds is 12. The summed E-state index contributed by atoms with van der Waals surface area (Å²) in [5.41, 5.74) is 7.20. The molecular formula is C24H30ClN7O4. The number of carboxylic acids is 1. The first-order valence-electron chi connectivity index (χ1n) is 11.3. The van der Waals surface area contributed by atoms with Crippen molar-refractivity contribution in [3.05, 3.63) is 64.7 Å². The second-order valence-corrected chi connectivity index (χ2v) is 8.47. The Labute approximate surface area is 214 Å². The molecule has 2 unspecified atom stereocenters. The molecule has 0 fully saturated rings. The second kappa shape index (κ2) is 14.4. The third-order valence-corrected chi connectivity index (χ3v) is 5.57. The Hall–Kier alpha value is -3.99. The molecule has 2 rings (SSSR count). The van der Waals surface area contributed by atoms with E-state index in [2.05, 4.69) is 26.2 Å². The molecular weight excluding hydrogens is 486 g/mol. The molecule has 0 aliphatic heterocycles. The smallest absolute Gasteiger partial charge is 0.360 e. The Morgan fingerprint density at radius 3 is 2.44 bits per heavy atom. The quantitative estimate of drug-likeness (QED) is 0.109. The number of guanidine groups is 1. The number of amides is 3. The van der Waals surface area contributed by atoms with Gasteiger partial charge >= 0.3 is 12.0 Å². The minimum Gasteiger partial charge on any atom is -0.480 e. The molecule has 2 aromatic carbocycles. The molecule has 0 saturated heterocycles. The lowest BCUT2D eigenvalue weighted by Gasteiger charge is -2.21. The molecule has 0 saturated carbocycles. The van der Waals surface area contributed by atoms with Crippen molar-refractivity contribution >= 4 is 41.2 Å². The maximum absolute atomic E-state index is 13.0. The van der Waals surface area contributed by atoms with E-state index in [1.54, 1.807) is 42.5 Å². The van der Waals surface area contributed by atoms with Crippen LogP contribution in [0, 0.1) is 12.3 Å². The van der Waals surface area contributed by atoms with Crippen LogP contribution in [-0.2, 0) is 16.0 Å². The minimum atomic E-state index is -1.19. The van der Waals surface area contributed by atoms with Gasteiger partial charge in [0.1, 0.15) is 12.1 Å². The average molecular weight is 516 g/mol. The Bertz CT molecular complexity index is 1100. The van der Waals surface area contributed by atoms with Crippen LogP contribution < -0.4 is 21.7 Å². The Morgan fingerprint density at radius 1 is 1.08 bits per heavy atom. The van der Waals surface area contributed by atoms with E-state index in [0.29, 0.717) is 30.1 Å². The van der Waals surface area contributed by atoms with E-state index in [1.807, 2.05) is 13.0 Å². The molecule has 0 radical (unpaired) electrons. The predicted molar refractivity (Wildman–Crippen MR) is 137 cm³/mol. The summed E-state index contributed by atoms with van der Waals surface area (Å²) >= 11 is 6.07. The summed E-state index contributed by atoms with van der Waals surface area (Å²) in [5.74, 6) is -2.01. The molecule has 0 aliphatic carbocycles. The maximum atomic E-state index is 13.0. The van der Waals surface area contributed by atoms with Gasteiger partial charge in [0, 0.05) is 18.0 Å². The number of hydrogen-bond donors (Lipinski definition) is 6. The number of aliphatic carboxylic acids is 1. The van der Waals surface area contributed by atoms with Gasteiger partial charge in [-0.2, -0.15) is 0 Å². The lowest BCUT2D eigenvalue weighted by Crippen LogP contribution is -2.52. The first-order chi connectivity index (χ1) is 17.2. The number of azo groups is 1. The number of carbonyl (C=O) groups excluding carboxylic acids is 2. The fourth-order valence-electron chi connectivity index (χ4n) is 3.21.